The summed E-state index contributed by atoms with van der Waals surface area (Å²) in [6.07, 6.45) is -2.54. The molecule has 0 saturated carbocycles. The van der Waals surface area contributed by atoms with Crippen molar-refractivity contribution in [3.63, 3.8) is 0 Å². The van der Waals surface area contributed by atoms with Crippen molar-refractivity contribution in [2.24, 2.45) is 0 Å². The van der Waals surface area contributed by atoms with Crippen LogP contribution in [0.15, 0.2) is 0 Å². The first-order valence-electron chi connectivity index (χ1n) is 2.91. The van der Waals surface area contributed by atoms with Crippen LogP contribution in [-0.4, -0.2) is 76.0 Å². The summed E-state index contributed by atoms with van der Waals surface area (Å²) in [5, 5.41) is 24.1. The monoisotopic (exact) mass is 270 g/mol. The molecule has 0 spiro atoms. The molecule has 0 aliphatic carbocycles. The van der Waals surface area contributed by atoms with Crippen LogP contribution in [0.4, 0.5) is 0 Å². The first-order valence-corrected chi connectivity index (χ1v) is 4.41. The van der Waals surface area contributed by atoms with Gasteiger partial charge in [-0.15, -0.1) is 0 Å². The zero-order chi connectivity index (χ0) is 11.9. The average Bonchev–Trinajstić information content (AvgIpc) is 1.80. The summed E-state index contributed by atoms with van der Waals surface area (Å²) in [4.78, 5) is 43.7. The molecule has 9 nitrogen and oxygen atoms in total. The molecule has 0 amide bonds. The Balaban J connectivity index is -0.000000208. The predicted octanol–water partition coefficient (Wildman–Crippen LogP) is -3.67. The van der Waals surface area contributed by atoms with Crippen LogP contribution in [0.1, 0.15) is 6.42 Å². The van der Waals surface area contributed by atoms with Crippen LogP contribution in [0.5, 0.6) is 0 Å². The first kappa shape index (κ1) is 20.7. The van der Waals surface area contributed by atoms with Crippen LogP contribution in [-0.2, 0) is 14.2 Å². The van der Waals surface area contributed by atoms with E-state index in [0.29, 0.717) is 0 Å². The van der Waals surface area contributed by atoms with Crippen molar-refractivity contribution in [2.45, 2.75) is 12.5 Å². The van der Waals surface area contributed by atoms with Gasteiger partial charge in [-0.2, -0.15) is 0 Å². The second-order valence-electron chi connectivity index (χ2n) is 1.92. The predicted molar refractivity (Wildman–Crippen MR) is 41.5 cm³/mol. The Kier molecular flexibility index (Phi) is 13.1. The summed E-state index contributed by atoms with van der Waals surface area (Å²) in [6, 6.07) is 0. The summed E-state index contributed by atoms with van der Waals surface area (Å²) in [5.74, 6) is -2.85. The largest absolute Gasteiger partial charge is 2.00 e. The van der Waals surface area contributed by atoms with E-state index in [9.17, 15) is 9.59 Å². The molecule has 0 bridgehead atoms. The molecule has 1 atom stereocenters. The van der Waals surface area contributed by atoms with Gasteiger partial charge in [0.2, 0.25) is 0 Å². The fraction of sp³-hybridized carbons (Fsp3) is 0.500. The quantitative estimate of drug-likeness (QED) is 0.297. The molecule has 0 aromatic heterocycles. The topological polar surface area (TPSA) is 178 Å². The van der Waals surface area contributed by atoms with Crippen molar-refractivity contribution < 1.29 is 44.2 Å². The van der Waals surface area contributed by atoms with Crippen LogP contribution in [0.2, 0.25) is 0 Å². The molecule has 0 aromatic rings. The van der Waals surface area contributed by atoms with Gasteiger partial charge in [-0.05, 0) is 0 Å². The number of carboxylic acid groups (broad SMARTS) is 2. The van der Waals surface area contributed by atoms with Crippen molar-refractivity contribution in [2.75, 3.05) is 0 Å². The molecule has 0 aromatic carbocycles. The van der Waals surface area contributed by atoms with Gasteiger partial charge in [0.05, 0.1) is 14.2 Å². The van der Waals surface area contributed by atoms with E-state index in [1.54, 1.807) is 0 Å². The standard InChI is InChI=1S/C4H6O5.Ca.H3O4P/c5-2(4(8)9)1-3(6)7;;1-5(2,3)4/h2,5H,1H2,(H,6,7)(H,8,9);;(H3,1,2,3,4)/q;+2;/p-2. The first-order chi connectivity index (χ1) is 6.04. The van der Waals surface area contributed by atoms with E-state index in [-0.39, 0.29) is 37.7 Å². The Bertz CT molecular complexity index is 238. The van der Waals surface area contributed by atoms with Gasteiger partial charge in [-0.3, -0.25) is 4.79 Å². The molecule has 0 heterocycles. The van der Waals surface area contributed by atoms with Crippen LogP contribution in [0.25, 0.3) is 0 Å². The third-order valence-electron chi connectivity index (χ3n) is 0.653. The Hall–Kier alpha value is 0.270. The fourth-order valence-corrected chi connectivity index (χ4v) is 0.253. The molecule has 0 fully saturated rings. The molecule has 4 N–H and O–H groups in total. The molecule has 15 heavy (non-hydrogen) atoms. The minimum Gasteiger partial charge on any atom is -0.790 e. The Labute approximate surface area is 114 Å². The normalized spacial score (nSPS) is 11.5. The van der Waals surface area contributed by atoms with E-state index in [1.165, 1.54) is 0 Å². The zero-order valence-electron chi connectivity index (χ0n) is 7.27. The minimum atomic E-state index is -5.14. The Morgan fingerprint density at radius 3 is 1.60 bits per heavy atom. The van der Waals surface area contributed by atoms with E-state index < -0.39 is 32.3 Å². The summed E-state index contributed by atoms with van der Waals surface area (Å²) >= 11 is 0. The molecule has 0 saturated heterocycles. The third-order valence-corrected chi connectivity index (χ3v) is 0.653. The number of rotatable bonds is 3. The van der Waals surface area contributed by atoms with Crippen molar-refractivity contribution in [3.8, 4) is 0 Å². The van der Waals surface area contributed by atoms with Crippen molar-refractivity contribution >= 4 is 57.5 Å². The van der Waals surface area contributed by atoms with Gasteiger partial charge >= 0.3 is 49.7 Å². The van der Waals surface area contributed by atoms with Crippen LogP contribution >= 0.6 is 7.82 Å². The molecule has 84 valence electrons. The SMILES string of the molecule is O=C(O)CC(O)C(=O)O.O=P([O-])([O-])O.[Ca+2]. The van der Waals surface area contributed by atoms with Crippen LogP contribution in [0.3, 0.4) is 0 Å². The smallest absolute Gasteiger partial charge is 0.790 e. The number of hydrogen-bond donors (Lipinski definition) is 4. The number of phosphoric acid groups is 1. The van der Waals surface area contributed by atoms with Crippen molar-refractivity contribution in [3.05, 3.63) is 0 Å². The van der Waals surface area contributed by atoms with Gasteiger partial charge in [0, 0.05) is 0 Å². The molecule has 0 radical (unpaired) electrons. The molecule has 11 heteroatoms. The second kappa shape index (κ2) is 9.49. The van der Waals surface area contributed by atoms with Crippen molar-refractivity contribution in [1.82, 2.24) is 0 Å². The van der Waals surface area contributed by atoms with Gasteiger partial charge in [-0.1, -0.05) is 0 Å². The van der Waals surface area contributed by atoms with Gasteiger partial charge in [-0.25, -0.2) is 4.79 Å². The maximum atomic E-state index is 9.72. The Morgan fingerprint density at radius 1 is 1.27 bits per heavy atom. The third kappa shape index (κ3) is 31.4. The summed E-state index contributed by atoms with van der Waals surface area (Å²) in [5.41, 5.74) is 0. The molecule has 0 aliphatic heterocycles. The molecular weight excluding hydrogens is 263 g/mol. The van der Waals surface area contributed by atoms with E-state index in [2.05, 4.69) is 0 Å². The summed E-state index contributed by atoms with van der Waals surface area (Å²) in [7, 11) is -5.14. The fourth-order valence-electron chi connectivity index (χ4n) is 0.253. The Morgan fingerprint density at radius 2 is 1.53 bits per heavy atom. The number of aliphatic hydroxyl groups excluding tert-OH is 1. The number of hydrogen-bond acceptors (Lipinski definition) is 6. The number of carbonyl (C=O) groups is 2. The average molecular weight is 270 g/mol. The van der Waals surface area contributed by atoms with Crippen LogP contribution in [0, 0.1) is 0 Å². The minimum absolute atomic E-state index is 0. The molecule has 0 rings (SSSR count). The van der Waals surface area contributed by atoms with Crippen molar-refractivity contribution in [1.29, 1.82) is 0 Å². The second-order valence-corrected chi connectivity index (χ2v) is 2.86. The number of aliphatic hydroxyl groups is 1. The van der Waals surface area contributed by atoms with E-state index in [1.807, 2.05) is 0 Å². The summed E-state index contributed by atoms with van der Waals surface area (Å²) in [6.45, 7) is 0. The molecule has 0 aliphatic rings. The van der Waals surface area contributed by atoms with Gasteiger partial charge < -0.3 is 34.6 Å². The van der Waals surface area contributed by atoms with E-state index in [4.69, 9.17) is 34.6 Å². The summed E-state index contributed by atoms with van der Waals surface area (Å²) < 4.78 is 8.66. The molecule has 1 unspecified atom stereocenters. The maximum Gasteiger partial charge on any atom is 2.00 e. The number of carboxylic acids is 2. The van der Waals surface area contributed by atoms with Crippen LogP contribution < -0.4 is 9.79 Å². The van der Waals surface area contributed by atoms with Gasteiger partial charge in [0.25, 0.3) is 0 Å². The van der Waals surface area contributed by atoms with Gasteiger partial charge in [0.15, 0.2) is 6.10 Å². The van der Waals surface area contributed by atoms with Gasteiger partial charge in [0.1, 0.15) is 0 Å². The molecular formula is C4H7CaO9P. The maximum absolute atomic E-state index is 9.72. The zero-order valence-corrected chi connectivity index (χ0v) is 10.4. The van der Waals surface area contributed by atoms with E-state index >= 15 is 0 Å². The van der Waals surface area contributed by atoms with E-state index in [0.717, 1.165) is 0 Å². The number of aliphatic carboxylic acids is 2.